The van der Waals surface area contributed by atoms with Gasteiger partial charge in [0.2, 0.25) is 0 Å². The highest BCUT2D eigenvalue weighted by molar-refractivity contribution is 5.76. The molecule has 4 saturated carbocycles. The summed E-state index contributed by atoms with van der Waals surface area (Å²) in [4.78, 5) is 12.9. The Morgan fingerprint density at radius 2 is 1.63 bits per heavy atom. The zero-order valence-corrected chi connectivity index (χ0v) is 27.1. The van der Waals surface area contributed by atoms with Gasteiger partial charge in [0.1, 0.15) is 18.3 Å². The van der Waals surface area contributed by atoms with Crippen LogP contribution in [0.4, 0.5) is 0 Å². The van der Waals surface area contributed by atoms with Crippen molar-refractivity contribution in [2.75, 3.05) is 13.2 Å². The van der Waals surface area contributed by atoms with Crippen molar-refractivity contribution in [3.05, 3.63) is 11.6 Å². The molecular formula is C35H56O8. The van der Waals surface area contributed by atoms with Crippen molar-refractivity contribution in [3.63, 3.8) is 0 Å². The SMILES string of the molecule is CC1(C)CC[C@]2(C(=O)O)CC[C@]3(C)C(=CC[C@@H]4[C@@]5(C)CC[C@@H](O[C@@H]6OC[C@H](O)[C@H](O)[C@H]6O)[C@@](C)(CO)[C@@H]5CC[C@]43C)[C@@H]2C1. The fraction of sp³-hybridized carbons (Fsp3) is 0.914. The highest BCUT2D eigenvalue weighted by Crippen LogP contribution is 2.76. The standard InChI is InChI=1S/C35H56O8/c1-30(2)13-15-35(29(40)41)16-14-33(5)20(21(35)17-30)7-8-24-31(3)11-10-25(43-28-27(39)26(38)22(37)18-42-28)32(4,19-36)23(31)9-12-34(24,33)6/h7,21-28,36-39H,8-19H2,1-6H3,(H,40,41)/t21-,22-,23+,24+,25+,26-,27+,28-,31-,32-,33+,34+,35-/m0/s1. The van der Waals surface area contributed by atoms with Gasteiger partial charge < -0.3 is 35.0 Å². The topological polar surface area (TPSA) is 137 Å². The van der Waals surface area contributed by atoms with Crippen molar-refractivity contribution in [1.82, 2.24) is 0 Å². The van der Waals surface area contributed by atoms with E-state index in [1.165, 1.54) is 5.57 Å². The second kappa shape index (κ2) is 10.2. The van der Waals surface area contributed by atoms with Crippen LogP contribution in [0.1, 0.15) is 106 Å². The summed E-state index contributed by atoms with van der Waals surface area (Å²) in [6, 6.07) is 0. The van der Waals surface area contributed by atoms with Gasteiger partial charge in [-0.3, -0.25) is 4.79 Å². The van der Waals surface area contributed by atoms with E-state index in [1.807, 2.05) is 0 Å². The molecule has 1 saturated heterocycles. The molecule has 5 aliphatic carbocycles. The molecule has 6 aliphatic rings. The maximum atomic E-state index is 12.9. The normalized spacial score (nSPS) is 54.3. The van der Waals surface area contributed by atoms with Gasteiger partial charge in [-0.25, -0.2) is 0 Å². The molecule has 244 valence electrons. The lowest BCUT2D eigenvalue weighted by Gasteiger charge is -2.71. The maximum Gasteiger partial charge on any atom is 0.310 e. The van der Waals surface area contributed by atoms with Gasteiger partial charge in [-0.15, -0.1) is 0 Å². The summed E-state index contributed by atoms with van der Waals surface area (Å²) in [7, 11) is 0. The summed E-state index contributed by atoms with van der Waals surface area (Å²) in [6.45, 7) is 13.9. The molecule has 8 nitrogen and oxygen atoms in total. The lowest BCUT2D eigenvalue weighted by Crippen LogP contribution is -2.66. The van der Waals surface area contributed by atoms with Crippen LogP contribution in [-0.2, 0) is 14.3 Å². The number of fused-ring (bicyclic) bond motifs is 7. The summed E-state index contributed by atoms with van der Waals surface area (Å²) in [6.07, 6.45) is 6.03. The molecule has 0 radical (unpaired) electrons. The van der Waals surface area contributed by atoms with E-state index >= 15 is 0 Å². The number of allylic oxidation sites excluding steroid dienone is 2. The van der Waals surface area contributed by atoms with Crippen molar-refractivity contribution in [3.8, 4) is 0 Å². The average molecular weight is 605 g/mol. The van der Waals surface area contributed by atoms with E-state index in [2.05, 4.69) is 47.6 Å². The smallest absolute Gasteiger partial charge is 0.310 e. The molecule has 8 heteroatoms. The van der Waals surface area contributed by atoms with Gasteiger partial charge in [0, 0.05) is 5.41 Å². The molecule has 13 atom stereocenters. The van der Waals surface area contributed by atoms with Gasteiger partial charge in [0.15, 0.2) is 6.29 Å². The number of carboxylic acids is 1. The van der Waals surface area contributed by atoms with Gasteiger partial charge in [-0.1, -0.05) is 53.2 Å². The zero-order chi connectivity index (χ0) is 31.4. The number of aliphatic hydroxyl groups is 4. The number of hydrogen-bond donors (Lipinski definition) is 5. The lowest BCUT2D eigenvalue weighted by atomic mass is 9.33. The Bertz CT molecular complexity index is 1150. The van der Waals surface area contributed by atoms with E-state index in [1.54, 1.807) is 0 Å². The Balaban J connectivity index is 1.32. The number of aliphatic carboxylic acids is 1. The molecule has 43 heavy (non-hydrogen) atoms. The van der Waals surface area contributed by atoms with Crippen LogP contribution in [0, 0.1) is 50.2 Å². The first-order valence-corrected chi connectivity index (χ1v) is 16.9. The fourth-order valence-electron chi connectivity index (χ4n) is 11.9. The predicted molar refractivity (Wildman–Crippen MR) is 161 cm³/mol. The highest BCUT2D eigenvalue weighted by atomic mass is 16.7. The average Bonchev–Trinajstić information content (AvgIpc) is 2.94. The summed E-state index contributed by atoms with van der Waals surface area (Å²) in [5.74, 6) is 0.0529. The first-order valence-electron chi connectivity index (χ1n) is 16.9. The fourth-order valence-corrected chi connectivity index (χ4v) is 11.9. The van der Waals surface area contributed by atoms with E-state index in [4.69, 9.17) is 9.47 Å². The van der Waals surface area contributed by atoms with Crippen LogP contribution in [0.3, 0.4) is 0 Å². The number of aliphatic hydroxyl groups excluding tert-OH is 4. The first-order chi connectivity index (χ1) is 20.0. The molecule has 1 aliphatic heterocycles. The molecule has 6 rings (SSSR count). The van der Waals surface area contributed by atoms with Crippen molar-refractivity contribution in [1.29, 1.82) is 0 Å². The Labute approximate surface area is 257 Å². The van der Waals surface area contributed by atoms with Crippen LogP contribution in [0.15, 0.2) is 11.6 Å². The summed E-state index contributed by atoms with van der Waals surface area (Å²) in [5, 5.41) is 52.3. The van der Waals surface area contributed by atoms with E-state index in [9.17, 15) is 30.3 Å². The number of hydrogen-bond acceptors (Lipinski definition) is 7. The molecule has 1 heterocycles. The molecule has 0 aromatic heterocycles. The largest absolute Gasteiger partial charge is 0.481 e. The minimum absolute atomic E-state index is 0.0154. The molecule has 0 spiro atoms. The van der Waals surface area contributed by atoms with Crippen molar-refractivity contribution in [2.45, 2.75) is 136 Å². The molecule has 0 amide bonds. The van der Waals surface area contributed by atoms with Crippen LogP contribution < -0.4 is 0 Å². The van der Waals surface area contributed by atoms with Gasteiger partial charge in [-0.2, -0.15) is 0 Å². The molecule has 0 aromatic carbocycles. The van der Waals surface area contributed by atoms with Gasteiger partial charge in [-0.05, 0) is 104 Å². The Hall–Kier alpha value is -1.03. The van der Waals surface area contributed by atoms with Crippen LogP contribution in [0.2, 0.25) is 0 Å². The van der Waals surface area contributed by atoms with Gasteiger partial charge in [0.05, 0.1) is 24.7 Å². The Kier molecular flexibility index (Phi) is 7.60. The predicted octanol–water partition coefficient (Wildman–Crippen LogP) is 4.67. The second-order valence-electron chi connectivity index (χ2n) is 17.3. The third kappa shape index (κ3) is 4.32. The number of rotatable bonds is 4. The molecular weight excluding hydrogens is 548 g/mol. The number of carboxylic acid groups (broad SMARTS) is 1. The molecule has 0 aromatic rings. The van der Waals surface area contributed by atoms with Crippen molar-refractivity contribution in [2.24, 2.45) is 50.2 Å². The van der Waals surface area contributed by atoms with Crippen LogP contribution in [0.25, 0.3) is 0 Å². The van der Waals surface area contributed by atoms with Crippen LogP contribution in [0.5, 0.6) is 0 Å². The molecule has 5 N–H and O–H groups in total. The first kappa shape index (κ1) is 31.9. The minimum Gasteiger partial charge on any atom is -0.481 e. The second-order valence-corrected chi connectivity index (χ2v) is 17.3. The van der Waals surface area contributed by atoms with E-state index in [0.29, 0.717) is 12.3 Å². The third-order valence-electron chi connectivity index (χ3n) is 14.9. The van der Waals surface area contributed by atoms with Crippen molar-refractivity contribution < 1.29 is 39.8 Å². The van der Waals surface area contributed by atoms with Gasteiger partial charge in [0.25, 0.3) is 0 Å². The summed E-state index contributed by atoms with van der Waals surface area (Å²) in [5.41, 5.74) is 0.232. The quantitative estimate of drug-likeness (QED) is 0.231. The molecule has 0 unspecified atom stereocenters. The molecule has 0 bridgehead atoms. The Morgan fingerprint density at radius 1 is 0.930 bits per heavy atom. The Morgan fingerprint density at radius 3 is 2.30 bits per heavy atom. The van der Waals surface area contributed by atoms with Crippen molar-refractivity contribution >= 4 is 5.97 Å². The zero-order valence-electron chi connectivity index (χ0n) is 27.1. The number of carbonyl (C=O) groups is 1. The maximum absolute atomic E-state index is 12.9. The minimum atomic E-state index is -1.36. The summed E-state index contributed by atoms with van der Waals surface area (Å²) < 4.78 is 12.0. The number of ether oxygens (including phenoxy) is 2. The van der Waals surface area contributed by atoms with Crippen LogP contribution >= 0.6 is 0 Å². The van der Waals surface area contributed by atoms with Gasteiger partial charge >= 0.3 is 5.97 Å². The lowest BCUT2D eigenvalue weighted by molar-refractivity contribution is -0.312. The van der Waals surface area contributed by atoms with E-state index in [0.717, 1.165) is 57.8 Å². The summed E-state index contributed by atoms with van der Waals surface area (Å²) >= 11 is 0. The molecule has 5 fully saturated rings. The van der Waals surface area contributed by atoms with E-state index < -0.39 is 41.4 Å². The monoisotopic (exact) mass is 604 g/mol. The third-order valence-corrected chi connectivity index (χ3v) is 14.9. The van der Waals surface area contributed by atoms with Crippen LogP contribution in [-0.4, -0.2) is 75.4 Å². The van der Waals surface area contributed by atoms with E-state index in [-0.39, 0.29) is 52.8 Å². The highest BCUT2D eigenvalue weighted by Gasteiger charge is 2.70.